The van der Waals surface area contributed by atoms with Gasteiger partial charge >= 0.3 is 0 Å². The normalized spacial score (nSPS) is 16.2. The SMILES string of the molecule is COc1ccc(/C=C/C(=O)N(Cc2ccccc2OC)CC2CCCO2)cc1F. The Kier molecular flexibility index (Phi) is 7.25. The van der Waals surface area contributed by atoms with Gasteiger partial charge in [0.05, 0.1) is 20.3 Å². The second kappa shape index (κ2) is 10.1. The fourth-order valence-corrected chi connectivity index (χ4v) is 3.37. The largest absolute Gasteiger partial charge is 0.496 e. The molecule has 1 unspecified atom stereocenters. The molecule has 2 aromatic rings. The molecule has 1 atom stereocenters. The lowest BCUT2D eigenvalue weighted by Gasteiger charge is -2.25. The number of ether oxygens (including phenoxy) is 3. The number of halogens is 1. The van der Waals surface area contributed by atoms with Crippen LogP contribution in [0.15, 0.2) is 48.5 Å². The van der Waals surface area contributed by atoms with Crippen LogP contribution in [0.5, 0.6) is 11.5 Å². The smallest absolute Gasteiger partial charge is 0.246 e. The fourth-order valence-electron chi connectivity index (χ4n) is 3.37. The van der Waals surface area contributed by atoms with Crippen molar-refractivity contribution in [2.24, 2.45) is 0 Å². The van der Waals surface area contributed by atoms with Crippen LogP contribution in [-0.4, -0.2) is 44.3 Å². The van der Waals surface area contributed by atoms with Gasteiger partial charge in [0, 0.05) is 31.3 Å². The second-order valence-electron chi connectivity index (χ2n) is 6.89. The Morgan fingerprint density at radius 1 is 1.21 bits per heavy atom. The predicted octanol–water partition coefficient (Wildman–Crippen LogP) is 4.06. The minimum absolute atomic E-state index is 0.0282. The van der Waals surface area contributed by atoms with Crippen molar-refractivity contribution in [1.29, 1.82) is 0 Å². The zero-order valence-corrected chi connectivity index (χ0v) is 16.8. The monoisotopic (exact) mass is 399 g/mol. The van der Waals surface area contributed by atoms with E-state index in [9.17, 15) is 9.18 Å². The zero-order chi connectivity index (χ0) is 20.6. The van der Waals surface area contributed by atoms with E-state index in [1.165, 1.54) is 19.3 Å². The van der Waals surface area contributed by atoms with Crippen molar-refractivity contribution in [2.75, 3.05) is 27.4 Å². The van der Waals surface area contributed by atoms with Crippen molar-refractivity contribution in [1.82, 2.24) is 4.90 Å². The standard InChI is InChI=1S/C23H26FNO4/c1-27-21-8-4-3-6-18(21)15-25(16-19-7-5-13-29-19)23(26)12-10-17-9-11-22(28-2)20(24)14-17/h3-4,6,8-12,14,19H,5,7,13,15-16H2,1-2H3/b12-10+. The van der Waals surface area contributed by atoms with Crippen molar-refractivity contribution in [3.8, 4) is 11.5 Å². The predicted molar refractivity (Wildman–Crippen MR) is 109 cm³/mol. The number of methoxy groups -OCH3 is 2. The Bertz CT molecular complexity index is 862. The lowest BCUT2D eigenvalue weighted by Crippen LogP contribution is -2.36. The molecule has 1 aliphatic rings. The van der Waals surface area contributed by atoms with Crippen LogP contribution in [0.3, 0.4) is 0 Å². The molecule has 5 nitrogen and oxygen atoms in total. The lowest BCUT2D eigenvalue weighted by atomic mass is 10.1. The molecule has 0 bridgehead atoms. The van der Waals surface area contributed by atoms with Gasteiger partial charge in [-0.25, -0.2) is 4.39 Å². The number of rotatable bonds is 8. The number of hydrogen-bond acceptors (Lipinski definition) is 4. The van der Waals surface area contributed by atoms with E-state index in [2.05, 4.69) is 0 Å². The molecule has 2 aromatic carbocycles. The van der Waals surface area contributed by atoms with E-state index >= 15 is 0 Å². The maximum absolute atomic E-state index is 13.9. The summed E-state index contributed by atoms with van der Waals surface area (Å²) in [4.78, 5) is 14.7. The average molecular weight is 399 g/mol. The van der Waals surface area contributed by atoms with E-state index in [-0.39, 0.29) is 17.8 Å². The summed E-state index contributed by atoms with van der Waals surface area (Å²) in [5.41, 5.74) is 1.51. The first-order valence-electron chi connectivity index (χ1n) is 9.64. The Hall–Kier alpha value is -2.86. The number of carbonyl (C=O) groups excluding carboxylic acids is 1. The van der Waals surface area contributed by atoms with E-state index < -0.39 is 5.82 Å². The number of amides is 1. The summed E-state index contributed by atoms with van der Waals surface area (Å²) in [7, 11) is 3.03. The summed E-state index contributed by atoms with van der Waals surface area (Å²) < 4.78 is 30.0. The van der Waals surface area contributed by atoms with Gasteiger partial charge in [-0.2, -0.15) is 0 Å². The molecule has 6 heteroatoms. The topological polar surface area (TPSA) is 48.0 Å². The highest BCUT2D eigenvalue weighted by Gasteiger charge is 2.22. The van der Waals surface area contributed by atoms with Crippen LogP contribution in [0.2, 0.25) is 0 Å². The van der Waals surface area contributed by atoms with E-state index in [1.807, 2.05) is 24.3 Å². The van der Waals surface area contributed by atoms with Gasteiger partial charge in [0.2, 0.25) is 5.91 Å². The minimum atomic E-state index is -0.465. The third kappa shape index (κ3) is 5.57. The molecule has 0 aliphatic carbocycles. The van der Waals surface area contributed by atoms with Crippen LogP contribution in [-0.2, 0) is 16.1 Å². The second-order valence-corrected chi connectivity index (χ2v) is 6.89. The first kappa shape index (κ1) is 20.9. The average Bonchev–Trinajstić information content (AvgIpc) is 3.25. The summed E-state index contributed by atoms with van der Waals surface area (Å²) in [6.07, 6.45) is 5.03. The molecular formula is C23H26FNO4. The Morgan fingerprint density at radius 2 is 2.00 bits per heavy atom. The molecule has 1 fully saturated rings. The Balaban J connectivity index is 1.76. The first-order chi connectivity index (χ1) is 14.1. The summed E-state index contributed by atoms with van der Waals surface area (Å²) in [5, 5.41) is 0. The Labute approximate surface area is 170 Å². The molecule has 0 spiro atoms. The van der Waals surface area contributed by atoms with Crippen LogP contribution in [0.1, 0.15) is 24.0 Å². The van der Waals surface area contributed by atoms with Crippen LogP contribution in [0, 0.1) is 5.82 Å². The lowest BCUT2D eigenvalue weighted by molar-refractivity contribution is -0.128. The zero-order valence-electron chi connectivity index (χ0n) is 16.8. The molecule has 154 valence electrons. The maximum Gasteiger partial charge on any atom is 0.246 e. The molecule has 0 saturated carbocycles. The number of hydrogen-bond donors (Lipinski definition) is 0. The molecule has 1 amide bonds. The fraction of sp³-hybridized carbons (Fsp3) is 0.348. The van der Waals surface area contributed by atoms with Crippen LogP contribution >= 0.6 is 0 Å². The Morgan fingerprint density at radius 3 is 2.69 bits per heavy atom. The molecule has 1 aliphatic heterocycles. The van der Waals surface area contributed by atoms with Crippen LogP contribution in [0.4, 0.5) is 4.39 Å². The third-order valence-electron chi connectivity index (χ3n) is 4.91. The van der Waals surface area contributed by atoms with Gasteiger partial charge in [0.25, 0.3) is 0 Å². The van der Waals surface area contributed by atoms with Gasteiger partial charge in [-0.15, -0.1) is 0 Å². The van der Waals surface area contributed by atoms with E-state index in [4.69, 9.17) is 14.2 Å². The van der Waals surface area contributed by atoms with Gasteiger partial charge in [-0.3, -0.25) is 4.79 Å². The highest BCUT2D eigenvalue weighted by Crippen LogP contribution is 2.22. The number of carbonyl (C=O) groups is 1. The van der Waals surface area contributed by atoms with Crippen molar-refractivity contribution in [3.63, 3.8) is 0 Å². The molecule has 0 N–H and O–H groups in total. The molecule has 1 saturated heterocycles. The van der Waals surface area contributed by atoms with Gasteiger partial charge in [0.15, 0.2) is 11.6 Å². The van der Waals surface area contributed by atoms with Crippen LogP contribution < -0.4 is 9.47 Å². The number of benzene rings is 2. The number of nitrogens with zero attached hydrogens (tertiary/aromatic N) is 1. The summed E-state index contributed by atoms with van der Waals surface area (Å²) in [5.74, 6) is 0.276. The van der Waals surface area contributed by atoms with Gasteiger partial charge in [-0.05, 0) is 42.7 Å². The van der Waals surface area contributed by atoms with E-state index in [1.54, 1.807) is 30.2 Å². The maximum atomic E-state index is 13.9. The van der Waals surface area contributed by atoms with Gasteiger partial charge in [0.1, 0.15) is 5.75 Å². The van der Waals surface area contributed by atoms with Gasteiger partial charge in [-0.1, -0.05) is 24.3 Å². The molecule has 1 heterocycles. The molecule has 0 aromatic heterocycles. The highest BCUT2D eigenvalue weighted by molar-refractivity contribution is 5.91. The summed E-state index contributed by atoms with van der Waals surface area (Å²) in [6.45, 7) is 1.63. The quantitative estimate of drug-likeness (QED) is 0.628. The van der Waals surface area contributed by atoms with E-state index in [0.29, 0.717) is 18.7 Å². The van der Waals surface area contributed by atoms with Crippen molar-refractivity contribution in [2.45, 2.75) is 25.5 Å². The molecular weight excluding hydrogens is 373 g/mol. The number of para-hydroxylation sites is 1. The minimum Gasteiger partial charge on any atom is -0.496 e. The van der Waals surface area contributed by atoms with Crippen LogP contribution in [0.25, 0.3) is 6.08 Å². The van der Waals surface area contributed by atoms with E-state index in [0.717, 1.165) is 30.8 Å². The first-order valence-corrected chi connectivity index (χ1v) is 9.64. The third-order valence-corrected chi connectivity index (χ3v) is 4.91. The summed E-state index contributed by atoms with van der Waals surface area (Å²) in [6, 6.07) is 12.2. The highest BCUT2D eigenvalue weighted by atomic mass is 19.1. The molecule has 0 radical (unpaired) electrons. The summed E-state index contributed by atoms with van der Waals surface area (Å²) >= 11 is 0. The van der Waals surface area contributed by atoms with Crippen molar-refractivity contribution in [3.05, 3.63) is 65.5 Å². The van der Waals surface area contributed by atoms with Crippen molar-refractivity contribution >= 4 is 12.0 Å². The molecule has 3 rings (SSSR count). The molecule has 29 heavy (non-hydrogen) atoms. The van der Waals surface area contributed by atoms with Gasteiger partial charge < -0.3 is 19.1 Å². The van der Waals surface area contributed by atoms with Crippen molar-refractivity contribution < 1.29 is 23.4 Å².